The van der Waals surface area contributed by atoms with E-state index in [1.807, 2.05) is 65.0 Å². The van der Waals surface area contributed by atoms with Crippen LogP contribution in [0.2, 0.25) is 0 Å². The fourth-order valence-electron chi connectivity index (χ4n) is 3.86. The van der Waals surface area contributed by atoms with Gasteiger partial charge in [-0.2, -0.15) is 0 Å². The van der Waals surface area contributed by atoms with E-state index < -0.39 is 17.3 Å². The maximum atomic E-state index is 12.0. The molecule has 164 valence electrons. The number of primary amides is 1. The number of amides is 1. The SMILES string of the molecule is C=C[S+]([O-])N1CCC(c2ccc(C(N)=O)c(-c3ccc(Oc4ccccc4)cc3)n2)CC1. The number of piperidine rings is 1. The molecule has 1 unspecified atom stereocenters. The van der Waals surface area contributed by atoms with Crippen LogP contribution in [0.3, 0.4) is 0 Å². The molecule has 0 saturated carbocycles. The van der Waals surface area contributed by atoms with Crippen LogP contribution in [0, 0.1) is 0 Å². The van der Waals surface area contributed by atoms with Gasteiger partial charge in [0.25, 0.3) is 5.91 Å². The zero-order chi connectivity index (χ0) is 22.5. The Kier molecular flexibility index (Phi) is 6.90. The summed E-state index contributed by atoms with van der Waals surface area (Å²) in [5.41, 5.74) is 8.29. The first kappa shape index (κ1) is 22.1. The molecular weight excluding hydrogens is 422 g/mol. The third-order valence-corrected chi connectivity index (χ3v) is 6.72. The van der Waals surface area contributed by atoms with E-state index in [1.165, 1.54) is 5.41 Å². The molecule has 2 N–H and O–H groups in total. The van der Waals surface area contributed by atoms with Gasteiger partial charge in [0, 0.05) is 30.3 Å². The molecular formula is C25H25N3O3S. The lowest BCUT2D eigenvalue weighted by atomic mass is 9.92. The molecule has 1 aliphatic rings. The fraction of sp³-hybridized carbons (Fsp3) is 0.200. The molecule has 4 rings (SSSR count). The summed E-state index contributed by atoms with van der Waals surface area (Å²) in [6.45, 7) is 5.03. The summed E-state index contributed by atoms with van der Waals surface area (Å²) in [5, 5.41) is 1.46. The first-order chi connectivity index (χ1) is 15.5. The normalized spacial score (nSPS) is 15.8. The number of rotatable bonds is 7. The van der Waals surface area contributed by atoms with Gasteiger partial charge < -0.3 is 15.0 Å². The molecule has 1 aliphatic heterocycles. The number of ether oxygens (including phenoxy) is 1. The van der Waals surface area contributed by atoms with E-state index in [2.05, 4.69) is 6.58 Å². The maximum absolute atomic E-state index is 12.0. The van der Waals surface area contributed by atoms with E-state index in [4.69, 9.17) is 15.5 Å². The Hall–Kier alpha value is -3.13. The third-order valence-electron chi connectivity index (χ3n) is 5.56. The Labute approximate surface area is 191 Å². The van der Waals surface area contributed by atoms with Crippen LogP contribution in [0.5, 0.6) is 11.5 Å². The first-order valence-corrected chi connectivity index (χ1v) is 11.6. The Morgan fingerprint density at radius 2 is 1.72 bits per heavy atom. The Balaban J connectivity index is 1.56. The number of carbonyl (C=O) groups is 1. The molecule has 2 aromatic carbocycles. The van der Waals surface area contributed by atoms with Crippen molar-refractivity contribution in [2.24, 2.45) is 5.73 Å². The zero-order valence-corrected chi connectivity index (χ0v) is 18.5. The molecule has 1 fully saturated rings. The standard InChI is InChI=1S/C25H25N3O3S/c1-2-32(30)28-16-14-18(15-17-28)23-13-12-22(25(26)29)24(27-23)19-8-10-21(11-9-19)31-20-6-4-3-5-7-20/h2-13,18H,1,14-17H2,(H2,26,29). The van der Waals surface area contributed by atoms with Crippen molar-refractivity contribution in [1.82, 2.24) is 9.29 Å². The maximum Gasteiger partial charge on any atom is 0.250 e. The highest BCUT2D eigenvalue weighted by molar-refractivity contribution is 7.92. The van der Waals surface area contributed by atoms with Crippen LogP contribution in [0.1, 0.15) is 34.8 Å². The molecule has 3 aromatic rings. The number of hydrogen-bond acceptors (Lipinski definition) is 5. The predicted molar refractivity (Wildman–Crippen MR) is 127 cm³/mol. The zero-order valence-electron chi connectivity index (χ0n) is 17.6. The van der Waals surface area contributed by atoms with Crippen molar-refractivity contribution in [2.45, 2.75) is 18.8 Å². The second-order valence-electron chi connectivity index (χ2n) is 7.58. The lowest BCUT2D eigenvalue weighted by Gasteiger charge is -2.30. The van der Waals surface area contributed by atoms with Gasteiger partial charge in [0.1, 0.15) is 16.9 Å². The minimum Gasteiger partial charge on any atom is -0.593 e. The van der Waals surface area contributed by atoms with Gasteiger partial charge in [-0.15, -0.1) is 4.31 Å². The van der Waals surface area contributed by atoms with Crippen molar-refractivity contribution in [1.29, 1.82) is 0 Å². The molecule has 1 saturated heterocycles. The van der Waals surface area contributed by atoms with Gasteiger partial charge in [-0.25, -0.2) is 0 Å². The molecule has 0 spiro atoms. The lowest BCUT2D eigenvalue weighted by Crippen LogP contribution is -2.36. The molecule has 7 heteroatoms. The van der Waals surface area contributed by atoms with E-state index in [1.54, 1.807) is 6.07 Å². The second kappa shape index (κ2) is 9.99. The number of carbonyl (C=O) groups excluding carboxylic acids is 1. The molecule has 0 radical (unpaired) electrons. The largest absolute Gasteiger partial charge is 0.593 e. The fourth-order valence-corrected chi connectivity index (χ4v) is 4.64. The number of nitrogens with zero attached hydrogens (tertiary/aromatic N) is 2. The third kappa shape index (κ3) is 5.02. The van der Waals surface area contributed by atoms with Crippen LogP contribution in [0.25, 0.3) is 11.3 Å². The molecule has 1 aromatic heterocycles. The molecule has 32 heavy (non-hydrogen) atoms. The molecule has 0 bridgehead atoms. The van der Waals surface area contributed by atoms with E-state index in [9.17, 15) is 9.35 Å². The lowest BCUT2D eigenvalue weighted by molar-refractivity contribution is 0.100. The predicted octanol–water partition coefficient (Wildman–Crippen LogP) is 4.63. The Morgan fingerprint density at radius 1 is 1.06 bits per heavy atom. The second-order valence-corrected chi connectivity index (χ2v) is 8.98. The van der Waals surface area contributed by atoms with Crippen molar-refractivity contribution < 1.29 is 14.1 Å². The minimum absolute atomic E-state index is 0.231. The van der Waals surface area contributed by atoms with E-state index >= 15 is 0 Å². The van der Waals surface area contributed by atoms with Crippen LogP contribution in [0.4, 0.5) is 0 Å². The summed E-state index contributed by atoms with van der Waals surface area (Å²) in [4.78, 5) is 16.9. The summed E-state index contributed by atoms with van der Waals surface area (Å²) in [6, 6.07) is 20.6. The first-order valence-electron chi connectivity index (χ1n) is 10.5. The Morgan fingerprint density at radius 3 is 2.34 bits per heavy atom. The number of hydrogen-bond donors (Lipinski definition) is 1. The highest BCUT2D eigenvalue weighted by Crippen LogP contribution is 2.32. The van der Waals surface area contributed by atoms with Gasteiger partial charge in [0.05, 0.1) is 22.6 Å². The average Bonchev–Trinajstić information content (AvgIpc) is 2.84. The molecule has 1 atom stereocenters. The summed E-state index contributed by atoms with van der Waals surface area (Å²) < 4.78 is 19.7. The molecule has 1 amide bonds. The Bertz CT molecular complexity index is 1080. The summed E-state index contributed by atoms with van der Waals surface area (Å²) >= 11 is -1.14. The highest BCUT2D eigenvalue weighted by atomic mass is 32.2. The number of benzene rings is 2. The average molecular weight is 448 g/mol. The van der Waals surface area contributed by atoms with Crippen LogP contribution >= 0.6 is 0 Å². The van der Waals surface area contributed by atoms with Crippen molar-refractivity contribution in [3.8, 4) is 22.8 Å². The van der Waals surface area contributed by atoms with Gasteiger partial charge in [0.2, 0.25) is 0 Å². The molecule has 0 aliphatic carbocycles. The van der Waals surface area contributed by atoms with Gasteiger partial charge in [-0.05, 0) is 68.0 Å². The summed E-state index contributed by atoms with van der Waals surface area (Å²) in [5.74, 6) is 1.16. The van der Waals surface area contributed by atoms with Crippen molar-refractivity contribution in [3.63, 3.8) is 0 Å². The van der Waals surface area contributed by atoms with Gasteiger partial charge >= 0.3 is 0 Å². The van der Waals surface area contributed by atoms with Gasteiger partial charge in [0.15, 0.2) is 0 Å². The van der Waals surface area contributed by atoms with E-state index in [0.29, 0.717) is 30.1 Å². The smallest absolute Gasteiger partial charge is 0.250 e. The summed E-state index contributed by atoms with van der Waals surface area (Å²) in [7, 11) is 0. The molecule has 2 heterocycles. The van der Waals surface area contributed by atoms with Crippen molar-refractivity contribution in [2.75, 3.05) is 13.1 Å². The number of pyridine rings is 1. The van der Waals surface area contributed by atoms with Crippen molar-refractivity contribution >= 4 is 17.3 Å². The summed E-state index contributed by atoms with van der Waals surface area (Å²) in [6.07, 6.45) is 1.68. The quantitative estimate of drug-likeness (QED) is 0.533. The van der Waals surface area contributed by atoms with Crippen LogP contribution < -0.4 is 10.5 Å². The van der Waals surface area contributed by atoms with E-state index in [-0.39, 0.29) is 5.92 Å². The van der Waals surface area contributed by atoms with E-state index in [0.717, 1.165) is 29.8 Å². The van der Waals surface area contributed by atoms with Crippen LogP contribution in [-0.4, -0.2) is 32.8 Å². The number of nitrogens with two attached hydrogens (primary N) is 1. The van der Waals surface area contributed by atoms with Crippen LogP contribution in [0.15, 0.2) is 78.7 Å². The molecule has 6 nitrogen and oxygen atoms in total. The number of para-hydroxylation sites is 1. The van der Waals surface area contributed by atoms with Crippen molar-refractivity contribution in [3.05, 3.63) is 90.0 Å². The monoisotopic (exact) mass is 447 g/mol. The van der Waals surface area contributed by atoms with Crippen LogP contribution in [-0.2, 0) is 11.4 Å². The minimum atomic E-state index is -1.14. The topological polar surface area (TPSA) is 91.5 Å². The van der Waals surface area contributed by atoms with Gasteiger partial charge in [-0.3, -0.25) is 9.78 Å². The highest BCUT2D eigenvalue weighted by Gasteiger charge is 2.28. The number of aromatic nitrogens is 1. The van der Waals surface area contributed by atoms with Gasteiger partial charge in [-0.1, -0.05) is 18.2 Å².